The second-order valence-corrected chi connectivity index (χ2v) is 19.3. The van der Waals surface area contributed by atoms with E-state index in [0.717, 1.165) is 90.4 Å². The van der Waals surface area contributed by atoms with Crippen molar-refractivity contribution in [3.8, 4) is 0 Å². The number of aliphatic hydroxyl groups is 4. The zero-order valence-electron chi connectivity index (χ0n) is 41.3. The van der Waals surface area contributed by atoms with Crippen LogP contribution in [0.1, 0.15) is 265 Å². The van der Waals surface area contributed by atoms with Gasteiger partial charge in [0.25, 0.3) is 0 Å². The lowest BCUT2D eigenvalue weighted by atomic mass is 10.0. The molecule has 0 aromatic rings. The Labute approximate surface area is 376 Å². The molecule has 7 nitrogen and oxygen atoms in total. The lowest BCUT2D eigenvalue weighted by Gasteiger charge is -2.28. The van der Waals surface area contributed by atoms with Crippen LogP contribution in [0.5, 0.6) is 0 Å². The van der Waals surface area contributed by atoms with Crippen LogP contribution >= 0.6 is 0 Å². The molecule has 0 saturated carbocycles. The van der Waals surface area contributed by atoms with E-state index >= 15 is 0 Å². The number of hydrogen-bond acceptors (Lipinski definition) is 7. The standard InChI is InChI=1S/C53H111N3O4/c1-5-9-12-15-18-21-24-27-30-34-39-51(58)47-55(48-52(59)40-35-31-28-25-22-19-16-13-10-6-2)44-38-33-37-42-54-43-45-56(46-50(57)8-4)49-53(60)41-36-32-29-26-23-20-17-14-11-7-3/h50-54,57-60H,5-49H2,1-4H3. The highest BCUT2D eigenvalue weighted by Crippen LogP contribution is 2.16. The summed E-state index contributed by atoms with van der Waals surface area (Å²) in [5, 5.41) is 46.9. The van der Waals surface area contributed by atoms with Gasteiger partial charge >= 0.3 is 0 Å². The molecule has 4 atom stereocenters. The van der Waals surface area contributed by atoms with Crippen molar-refractivity contribution in [2.45, 2.75) is 290 Å². The van der Waals surface area contributed by atoms with E-state index in [9.17, 15) is 20.4 Å². The summed E-state index contributed by atoms with van der Waals surface area (Å²) in [6.45, 7) is 15.1. The van der Waals surface area contributed by atoms with Gasteiger partial charge in [-0.05, 0) is 51.6 Å². The summed E-state index contributed by atoms with van der Waals surface area (Å²) in [5.41, 5.74) is 0. The lowest BCUT2D eigenvalue weighted by Crippen LogP contribution is -2.41. The highest BCUT2D eigenvalue weighted by atomic mass is 16.3. The molecule has 0 aromatic carbocycles. The molecule has 0 heterocycles. The van der Waals surface area contributed by atoms with E-state index in [0.29, 0.717) is 26.2 Å². The minimum atomic E-state index is -0.348. The summed E-state index contributed by atoms with van der Waals surface area (Å²) in [5.74, 6) is 0. The van der Waals surface area contributed by atoms with Gasteiger partial charge in [0.15, 0.2) is 0 Å². The fourth-order valence-corrected chi connectivity index (χ4v) is 8.84. The first-order valence-electron chi connectivity index (χ1n) is 27.2. The molecule has 60 heavy (non-hydrogen) atoms. The van der Waals surface area contributed by atoms with Crippen LogP contribution in [0.2, 0.25) is 0 Å². The molecule has 0 saturated heterocycles. The Morgan fingerprint density at radius 3 is 0.917 bits per heavy atom. The molecule has 4 unspecified atom stereocenters. The zero-order chi connectivity index (χ0) is 44.0. The SMILES string of the molecule is CCCCCCCCCCCCC(O)CN(CCNCCCCCN(CC(O)CCCCCCCCCCCC)CC(O)CCCCCCCCCCCC)CC(O)CC. The van der Waals surface area contributed by atoms with Crippen molar-refractivity contribution in [1.82, 2.24) is 15.1 Å². The van der Waals surface area contributed by atoms with Gasteiger partial charge in [-0.25, -0.2) is 0 Å². The number of rotatable bonds is 51. The minimum Gasteiger partial charge on any atom is -0.392 e. The summed E-state index contributed by atoms with van der Waals surface area (Å²) in [6.07, 6.45) is 44.7. The third-order valence-electron chi connectivity index (χ3n) is 13.0. The maximum Gasteiger partial charge on any atom is 0.0667 e. The van der Waals surface area contributed by atoms with E-state index in [1.165, 1.54) is 173 Å². The topological polar surface area (TPSA) is 99.4 Å². The maximum atomic E-state index is 11.0. The van der Waals surface area contributed by atoms with Gasteiger partial charge in [0.05, 0.1) is 24.4 Å². The van der Waals surface area contributed by atoms with Crippen molar-refractivity contribution in [2.75, 3.05) is 52.4 Å². The Kier molecular flexibility index (Phi) is 48.0. The molecular formula is C53H111N3O4. The van der Waals surface area contributed by atoms with E-state index in [4.69, 9.17) is 0 Å². The van der Waals surface area contributed by atoms with Crippen molar-refractivity contribution < 1.29 is 20.4 Å². The average Bonchev–Trinajstić information content (AvgIpc) is 3.23. The second kappa shape index (κ2) is 48.2. The number of hydrogen-bond donors (Lipinski definition) is 5. The molecule has 0 aliphatic rings. The van der Waals surface area contributed by atoms with E-state index in [2.05, 4.69) is 35.9 Å². The van der Waals surface area contributed by atoms with Crippen LogP contribution in [0, 0.1) is 0 Å². The van der Waals surface area contributed by atoms with E-state index in [1.54, 1.807) is 0 Å². The molecule has 0 bridgehead atoms. The van der Waals surface area contributed by atoms with Crippen molar-refractivity contribution in [1.29, 1.82) is 0 Å². The normalized spacial score (nSPS) is 14.1. The van der Waals surface area contributed by atoms with Crippen molar-refractivity contribution in [3.63, 3.8) is 0 Å². The summed E-state index contributed by atoms with van der Waals surface area (Å²) in [4.78, 5) is 4.61. The van der Waals surface area contributed by atoms with Gasteiger partial charge in [-0.3, -0.25) is 9.80 Å². The van der Waals surface area contributed by atoms with Crippen LogP contribution in [-0.4, -0.2) is 107 Å². The van der Waals surface area contributed by atoms with Crippen molar-refractivity contribution in [3.05, 3.63) is 0 Å². The Balaban J connectivity index is 4.53. The highest BCUT2D eigenvalue weighted by Gasteiger charge is 2.17. The van der Waals surface area contributed by atoms with Crippen LogP contribution in [-0.2, 0) is 0 Å². The van der Waals surface area contributed by atoms with Crippen LogP contribution in [0.25, 0.3) is 0 Å². The summed E-state index contributed by atoms with van der Waals surface area (Å²) in [7, 11) is 0. The van der Waals surface area contributed by atoms with Gasteiger partial charge in [-0.15, -0.1) is 0 Å². The van der Waals surface area contributed by atoms with Crippen LogP contribution in [0.4, 0.5) is 0 Å². The first-order valence-corrected chi connectivity index (χ1v) is 27.2. The molecule has 0 aliphatic carbocycles. The van der Waals surface area contributed by atoms with Crippen LogP contribution in [0.15, 0.2) is 0 Å². The van der Waals surface area contributed by atoms with Crippen molar-refractivity contribution >= 4 is 0 Å². The molecular weight excluding hydrogens is 743 g/mol. The first kappa shape index (κ1) is 59.7. The van der Waals surface area contributed by atoms with E-state index in [1.807, 2.05) is 6.92 Å². The van der Waals surface area contributed by atoms with Gasteiger partial charge in [-0.1, -0.05) is 227 Å². The molecule has 0 aliphatic heterocycles. The molecule has 362 valence electrons. The molecule has 0 rings (SSSR count). The fourth-order valence-electron chi connectivity index (χ4n) is 8.84. The van der Waals surface area contributed by atoms with Gasteiger partial charge in [0.2, 0.25) is 0 Å². The minimum absolute atomic E-state index is 0.312. The molecule has 0 amide bonds. The smallest absolute Gasteiger partial charge is 0.0667 e. The third-order valence-corrected chi connectivity index (χ3v) is 13.0. The van der Waals surface area contributed by atoms with Gasteiger partial charge in [0.1, 0.15) is 0 Å². The molecule has 0 aromatic heterocycles. The van der Waals surface area contributed by atoms with Crippen LogP contribution < -0.4 is 5.32 Å². The van der Waals surface area contributed by atoms with Gasteiger partial charge in [0, 0.05) is 39.3 Å². The Hall–Kier alpha value is -0.280. The molecule has 0 fully saturated rings. The van der Waals surface area contributed by atoms with E-state index < -0.39 is 0 Å². The fraction of sp³-hybridized carbons (Fsp3) is 1.00. The number of aliphatic hydroxyl groups excluding tert-OH is 4. The molecule has 7 heteroatoms. The largest absolute Gasteiger partial charge is 0.392 e. The predicted octanol–water partition coefficient (Wildman–Crippen LogP) is 13.1. The Morgan fingerprint density at radius 2 is 0.583 bits per heavy atom. The van der Waals surface area contributed by atoms with Gasteiger partial charge < -0.3 is 25.7 Å². The number of nitrogens with zero attached hydrogens (tertiary/aromatic N) is 2. The zero-order valence-corrected chi connectivity index (χ0v) is 41.3. The summed E-state index contributed by atoms with van der Waals surface area (Å²) < 4.78 is 0. The highest BCUT2D eigenvalue weighted by molar-refractivity contribution is 4.72. The number of unbranched alkanes of at least 4 members (excludes halogenated alkanes) is 29. The van der Waals surface area contributed by atoms with Crippen molar-refractivity contribution in [2.24, 2.45) is 0 Å². The average molecular weight is 854 g/mol. The monoisotopic (exact) mass is 854 g/mol. The summed E-state index contributed by atoms with van der Waals surface area (Å²) >= 11 is 0. The maximum absolute atomic E-state index is 11.0. The van der Waals surface area contributed by atoms with E-state index in [-0.39, 0.29) is 24.4 Å². The Bertz CT molecular complexity index is 774. The molecule has 0 spiro atoms. The van der Waals surface area contributed by atoms with Crippen LogP contribution in [0.3, 0.4) is 0 Å². The van der Waals surface area contributed by atoms with Gasteiger partial charge in [-0.2, -0.15) is 0 Å². The summed E-state index contributed by atoms with van der Waals surface area (Å²) in [6, 6.07) is 0. The Morgan fingerprint density at radius 1 is 0.300 bits per heavy atom. The number of nitrogens with one attached hydrogen (secondary N) is 1. The third kappa shape index (κ3) is 44.3. The lowest BCUT2D eigenvalue weighted by molar-refractivity contribution is 0.0594. The first-order chi connectivity index (χ1) is 29.4. The molecule has 0 radical (unpaired) electrons. The quantitative estimate of drug-likeness (QED) is 0.0389. The predicted molar refractivity (Wildman–Crippen MR) is 263 cm³/mol. The second-order valence-electron chi connectivity index (χ2n) is 19.3. The molecule has 5 N–H and O–H groups in total.